The number of pyridine rings is 1. The number of aromatic nitrogens is 2. The molecule has 1 aliphatic rings. The Morgan fingerprint density at radius 3 is 3.00 bits per heavy atom. The van der Waals surface area contributed by atoms with Crippen LogP contribution in [-0.4, -0.2) is 47.5 Å². The van der Waals surface area contributed by atoms with Gasteiger partial charge in [0.2, 0.25) is 0 Å². The average molecular weight is 326 g/mol. The SMILES string of the molecule is CS(=O)(=O)C1CSCCN1c1nc2ccccn2c1CN. The first kappa shape index (κ1) is 14.7. The van der Waals surface area contributed by atoms with Crippen LogP contribution < -0.4 is 10.6 Å². The maximum atomic E-state index is 12.1. The van der Waals surface area contributed by atoms with Crippen LogP contribution in [0.2, 0.25) is 0 Å². The van der Waals surface area contributed by atoms with Crippen LogP contribution in [0.1, 0.15) is 5.69 Å². The Bertz CT molecular complexity index is 757. The minimum Gasteiger partial charge on any atom is -0.337 e. The summed E-state index contributed by atoms with van der Waals surface area (Å²) < 4.78 is 26.1. The van der Waals surface area contributed by atoms with Gasteiger partial charge < -0.3 is 15.0 Å². The maximum absolute atomic E-state index is 12.1. The number of rotatable bonds is 3. The lowest BCUT2D eigenvalue weighted by Crippen LogP contribution is -2.47. The van der Waals surface area contributed by atoms with Gasteiger partial charge in [0, 0.05) is 37.0 Å². The van der Waals surface area contributed by atoms with Crippen LogP contribution in [0, 0.1) is 0 Å². The van der Waals surface area contributed by atoms with Gasteiger partial charge in [-0.2, -0.15) is 11.8 Å². The van der Waals surface area contributed by atoms with E-state index in [4.69, 9.17) is 5.73 Å². The van der Waals surface area contributed by atoms with Gasteiger partial charge in [0.15, 0.2) is 15.7 Å². The second-order valence-corrected chi connectivity index (χ2v) is 8.42. The summed E-state index contributed by atoms with van der Waals surface area (Å²) >= 11 is 1.66. The first-order valence-corrected chi connectivity index (χ1v) is 9.82. The number of nitrogens with two attached hydrogens (primary N) is 1. The van der Waals surface area contributed by atoms with E-state index in [1.54, 1.807) is 11.8 Å². The van der Waals surface area contributed by atoms with E-state index in [1.807, 2.05) is 33.7 Å². The largest absolute Gasteiger partial charge is 0.337 e. The van der Waals surface area contributed by atoms with E-state index in [0.29, 0.717) is 24.7 Å². The summed E-state index contributed by atoms with van der Waals surface area (Å²) in [6, 6.07) is 5.72. The molecule has 0 spiro atoms. The molecule has 0 bridgehead atoms. The number of thioether (sulfide) groups is 1. The number of hydrogen-bond donors (Lipinski definition) is 1. The molecule has 0 aliphatic carbocycles. The van der Waals surface area contributed by atoms with Crippen LogP contribution in [0.3, 0.4) is 0 Å². The zero-order valence-corrected chi connectivity index (χ0v) is 13.4. The number of hydrogen-bond acceptors (Lipinski definition) is 6. The molecule has 0 radical (unpaired) electrons. The van der Waals surface area contributed by atoms with E-state index >= 15 is 0 Å². The second-order valence-electron chi connectivity index (χ2n) is 5.07. The fourth-order valence-electron chi connectivity index (χ4n) is 2.63. The third-order valence-electron chi connectivity index (χ3n) is 3.65. The molecule has 1 unspecified atom stereocenters. The molecule has 21 heavy (non-hydrogen) atoms. The van der Waals surface area contributed by atoms with Crippen LogP contribution in [0.15, 0.2) is 24.4 Å². The van der Waals surface area contributed by atoms with E-state index in [0.717, 1.165) is 17.1 Å². The Kier molecular flexibility index (Phi) is 3.85. The van der Waals surface area contributed by atoms with E-state index in [1.165, 1.54) is 6.26 Å². The van der Waals surface area contributed by atoms with Gasteiger partial charge in [0.1, 0.15) is 11.0 Å². The molecule has 1 aliphatic heterocycles. The topological polar surface area (TPSA) is 80.7 Å². The summed E-state index contributed by atoms with van der Waals surface area (Å²) in [6.07, 6.45) is 3.19. The van der Waals surface area contributed by atoms with E-state index in [2.05, 4.69) is 4.98 Å². The van der Waals surface area contributed by atoms with Crippen molar-refractivity contribution in [2.75, 3.05) is 29.2 Å². The highest BCUT2D eigenvalue weighted by molar-refractivity contribution is 8.01. The first-order valence-electron chi connectivity index (χ1n) is 6.71. The molecular weight excluding hydrogens is 308 g/mol. The van der Waals surface area contributed by atoms with Gasteiger partial charge in [-0.25, -0.2) is 13.4 Å². The first-order chi connectivity index (χ1) is 10.0. The summed E-state index contributed by atoms with van der Waals surface area (Å²) in [5.41, 5.74) is 7.52. The number of nitrogens with zero attached hydrogens (tertiary/aromatic N) is 3. The maximum Gasteiger partial charge on any atom is 0.169 e. The summed E-state index contributed by atoms with van der Waals surface area (Å²) in [5.74, 6) is 2.15. The average Bonchev–Trinajstić information content (AvgIpc) is 2.84. The molecule has 0 aromatic carbocycles. The zero-order chi connectivity index (χ0) is 15.0. The molecule has 0 amide bonds. The summed E-state index contributed by atoms with van der Waals surface area (Å²) in [4.78, 5) is 6.50. The molecule has 1 saturated heterocycles. The van der Waals surface area contributed by atoms with Crippen molar-refractivity contribution in [2.45, 2.75) is 11.9 Å². The van der Waals surface area contributed by atoms with Crippen molar-refractivity contribution in [3.63, 3.8) is 0 Å². The lowest BCUT2D eigenvalue weighted by atomic mass is 10.3. The van der Waals surface area contributed by atoms with Crippen molar-refractivity contribution in [1.29, 1.82) is 0 Å². The molecule has 2 aromatic heterocycles. The predicted molar refractivity (Wildman–Crippen MR) is 86.4 cm³/mol. The highest BCUT2D eigenvalue weighted by Crippen LogP contribution is 2.29. The van der Waals surface area contributed by atoms with E-state index < -0.39 is 15.2 Å². The van der Waals surface area contributed by atoms with Gasteiger partial charge in [-0.05, 0) is 12.1 Å². The van der Waals surface area contributed by atoms with E-state index in [9.17, 15) is 8.42 Å². The molecule has 2 N–H and O–H groups in total. The molecule has 0 saturated carbocycles. The summed E-state index contributed by atoms with van der Waals surface area (Å²) in [6.45, 7) is 0.986. The fourth-order valence-corrected chi connectivity index (χ4v) is 5.45. The lowest BCUT2D eigenvalue weighted by molar-refractivity contribution is 0.583. The third kappa shape index (κ3) is 2.63. The molecule has 6 nitrogen and oxygen atoms in total. The minimum atomic E-state index is -3.17. The number of fused-ring (bicyclic) bond motifs is 1. The van der Waals surface area contributed by atoms with Crippen LogP contribution in [0.4, 0.5) is 5.82 Å². The quantitative estimate of drug-likeness (QED) is 0.895. The van der Waals surface area contributed by atoms with Gasteiger partial charge in [-0.1, -0.05) is 6.07 Å². The zero-order valence-electron chi connectivity index (χ0n) is 11.8. The van der Waals surface area contributed by atoms with Crippen LogP contribution in [-0.2, 0) is 16.4 Å². The number of anilines is 1. The second kappa shape index (κ2) is 5.51. The van der Waals surface area contributed by atoms with Gasteiger partial charge in [-0.3, -0.25) is 0 Å². The molecule has 8 heteroatoms. The Hall–Kier alpha value is -1.25. The van der Waals surface area contributed by atoms with Crippen molar-refractivity contribution in [1.82, 2.24) is 9.38 Å². The third-order valence-corrected chi connectivity index (χ3v) is 6.30. The molecular formula is C13H18N4O2S2. The number of imidazole rings is 1. The summed E-state index contributed by atoms with van der Waals surface area (Å²) in [5, 5.41) is -0.536. The number of sulfone groups is 1. The van der Waals surface area contributed by atoms with Gasteiger partial charge in [-0.15, -0.1) is 0 Å². The van der Waals surface area contributed by atoms with Crippen LogP contribution in [0.25, 0.3) is 5.65 Å². The lowest BCUT2D eigenvalue weighted by Gasteiger charge is -2.34. The monoisotopic (exact) mass is 326 g/mol. The van der Waals surface area contributed by atoms with Gasteiger partial charge in [0.05, 0.1) is 5.69 Å². The van der Waals surface area contributed by atoms with Crippen molar-refractivity contribution in [3.05, 3.63) is 30.1 Å². The highest BCUT2D eigenvalue weighted by atomic mass is 32.2. The minimum absolute atomic E-state index is 0.320. The molecule has 2 aromatic rings. The summed E-state index contributed by atoms with van der Waals surface area (Å²) in [7, 11) is -3.17. The molecule has 1 fully saturated rings. The van der Waals surface area contributed by atoms with Gasteiger partial charge in [0.25, 0.3) is 0 Å². The molecule has 1 atom stereocenters. The Balaban J connectivity index is 2.13. The highest BCUT2D eigenvalue weighted by Gasteiger charge is 2.33. The van der Waals surface area contributed by atoms with Crippen molar-refractivity contribution in [3.8, 4) is 0 Å². The van der Waals surface area contributed by atoms with Crippen molar-refractivity contribution < 1.29 is 8.42 Å². The standard InChI is InChI=1S/C13H18N4O2S2/c1-21(18,19)12-9-20-7-6-17(12)13-10(8-14)16-5-3-2-4-11(16)15-13/h2-5,12H,6-9,14H2,1H3. The normalized spacial score (nSPS) is 20.1. The van der Waals surface area contributed by atoms with Crippen molar-refractivity contribution in [2.24, 2.45) is 5.73 Å². The Morgan fingerprint density at radius 2 is 2.29 bits per heavy atom. The smallest absolute Gasteiger partial charge is 0.169 e. The van der Waals surface area contributed by atoms with Crippen LogP contribution in [0.5, 0.6) is 0 Å². The fraction of sp³-hybridized carbons (Fsp3) is 0.462. The predicted octanol–water partition coefficient (Wildman–Crippen LogP) is 0.717. The van der Waals surface area contributed by atoms with Crippen LogP contribution >= 0.6 is 11.8 Å². The molecule has 114 valence electrons. The Labute approximate surface area is 128 Å². The Morgan fingerprint density at radius 1 is 1.48 bits per heavy atom. The molecule has 3 heterocycles. The molecule has 3 rings (SSSR count). The van der Waals surface area contributed by atoms with E-state index in [-0.39, 0.29) is 0 Å². The van der Waals surface area contributed by atoms with Crippen molar-refractivity contribution >= 4 is 33.1 Å². The van der Waals surface area contributed by atoms with Gasteiger partial charge >= 0.3 is 0 Å².